The van der Waals surface area contributed by atoms with Gasteiger partial charge >= 0.3 is 0 Å². The molecule has 1 aromatic rings. The Kier molecular flexibility index (Phi) is 6.55. The van der Waals surface area contributed by atoms with Crippen molar-refractivity contribution < 1.29 is 18.9 Å². The van der Waals surface area contributed by atoms with Crippen molar-refractivity contribution in [2.24, 2.45) is 5.92 Å². The molecule has 0 saturated heterocycles. The van der Waals surface area contributed by atoms with E-state index in [1.165, 1.54) is 24.9 Å². The first-order valence-electron chi connectivity index (χ1n) is 7.11. The third-order valence-corrected chi connectivity index (χ3v) is 4.09. The van der Waals surface area contributed by atoms with Gasteiger partial charge in [-0.15, -0.1) is 11.8 Å². The predicted octanol–water partition coefficient (Wildman–Crippen LogP) is 2.71. The molecule has 0 radical (unpaired) electrons. The van der Waals surface area contributed by atoms with Gasteiger partial charge in [0.15, 0.2) is 5.69 Å². The van der Waals surface area contributed by atoms with Crippen LogP contribution in [0, 0.1) is 5.92 Å². The lowest BCUT2D eigenvalue weighted by Gasteiger charge is -2.11. The van der Waals surface area contributed by atoms with Gasteiger partial charge in [0.05, 0.1) is 4.91 Å². The summed E-state index contributed by atoms with van der Waals surface area (Å²) in [5.41, 5.74) is -0.181. The Morgan fingerprint density at radius 1 is 1.36 bits per heavy atom. The minimum absolute atomic E-state index is 0.0388. The number of amides is 1. The Bertz CT molecular complexity index is 617. The number of carbonyl (C=O) groups excluding carboxylic acids is 3. The van der Waals surface area contributed by atoms with Gasteiger partial charge in [0.1, 0.15) is 5.56 Å². The van der Waals surface area contributed by atoms with Gasteiger partial charge in [0.25, 0.3) is 5.91 Å². The van der Waals surface area contributed by atoms with Crippen molar-refractivity contribution in [3.63, 3.8) is 0 Å². The number of nitrogens with one attached hydrogen (secondary N) is 1. The van der Waals surface area contributed by atoms with Gasteiger partial charge < -0.3 is 9.84 Å². The van der Waals surface area contributed by atoms with Crippen LogP contribution < -0.4 is 5.32 Å². The Morgan fingerprint density at radius 3 is 2.55 bits per heavy atom. The van der Waals surface area contributed by atoms with Crippen molar-refractivity contribution in [3.05, 3.63) is 28.0 Å². The number of fused-ring (bicyclic) bond motifs is 1. The molecule has 1 heterocycles. The van der Waals surface area contributed by atoms with E-state index in [0.717, 1.165) is 0 Å². The van der Waals surface area contributed by atoms with Crippen LogP contribution in [0.5, 0.6) is 0 Å². The fraction of sp³-hybridized carbons (Fsp3) is 0.467. The van der Waals surface area contributed by atoms with E-state index in [0.29, 0.717) is 16.6 Å². The summed E-state index contributed by atoms with van der Waals surface area (Å²) in [4.78, 5) is 36.2. The first-order valence-corrected chi connectivity index (χ1v) is 8.09. The maximum atomic E-state index is 12.4. The van der Waals surface area contributed by atoms with Gasteiger partial charge in [0.2, 0.25) is 17.3 Å². The molecule has 0 bridgehead atoms. The van der Waals surface area contributed by atoms with Crippen LogP contribution in [-0.4, -0.2) is 35.4 Å². The van der Waals surface area contributed by atoms with Crippen LogP contribution in [0.15, 0.2) is 15.5 Å². The molecule has 7 heteroatoms. The van der Waals surface area contributed by atoms with Crippen LogP contribution in [0.1, 0.15) is 59.1 Å². The number of hydrogen-bond acceptors (Lipinski definition) is 6. The van der Waals surface area contributed by atoms with Crippen LogP contribution in [0.4, 0.5) is 0 Å². The van der Waals surface area contributed by atoms with Gasteiger partial charge in [-0.3, -0.25) is 14.4 Å². The fourth-order valence-electron chi connectivity index (χ4n) is 1.68. The SMILES string of the molecule is CC.CNC(=O)c1noc2c1C(=O)C(SCC(C)C)=CC2=O. The van der Waals surface area contributed by atoms with Crippen molar-refractivity contribution in [1.82, 2.24) is 10.5 Å². The summed E-state index contributed by atoms with van der Waals surface area (Å²) in [5.74, 6) is -0.445. The zero-order valence-corrected chi connectivity index (χ0v) is 14.2. The third kappa shape index (κ3) is 3.65. The molecule has 1 aliphatic carbocycles. The molecule has 0 saturated carbocycles. The number of thioether (sulfide) groups is 1. The Hall–Kier alpha value is -1.89. The molecule has 0 aromatic carbocycles. The normalized spacial score (nSPS) is 13.3. The molecule has 0 atom stereocenters. The van der Waals surface area contributed by atoms with E-state index in [4.69, 9.17) is 4.52 Å². The number of rotatable bonds is 4. The highest BCUT2D eigenvalue weighted by Crippen LogP contribution is 2.31. The van der Waals surface area contributed by atoms with Gasteiger partial charge in [-0.2, -0.15) is 0 Å². The van der Waals surface area contributed by atoms with E-state index < -0.39 is 11.7 Å². The lowest BCUT2D eigenvalue weighted by atomic mass is 10.00. The highest BCUT2D eigenvalue weighted by Gasteiger charge is 2.35. The third-order valence-electron chi connectivity index (χ3n) is 2.64. The standard InChI is InChI=1S/C13H14N2O4S.C2H6/c1-6(2)5-20-8-4-7(16)12-9(11(8)17)10(15-19-12)13(18)14-3;1-2/h4,6H,5H2,1-3H3,(H,14,18);1-2H3. The summed E-state index contributed by atoms with van der Waals surface area (Å²) < 4.78 is 4.83. The highest BCUT2D eigenvalue weighted by atomic mass is 32.2. The summed E-state index contributed by atoms with van der Waals surface area (Å²) in [5, 5.41) is 5.89. The van der Waals surface area contributed by atoms with Crippen LogP contribution >= 0.6 is 11.8 Å². The quantitative estimate of drug-likeness (QED) is 0.916. The maximum Gasteiger partial charge on any atom is 0.274 e. The first kappa shape index (κ1) is 18.2. The van der Waals surface area contributed by atoms with E-state index in [1.54, 1.807) is 0 Å². The summed E-state index contributed by atoms with van der Waals surface area (Å²) in [6.45, 7) is 8.03. The molecule has 1 amide bonds. The number of hydrogen-bond donors (Lipinski definition) is 1. The number of nitrogens with zero attached hydrogens (tertiary/aromatic N) is 1. The van der Waals surface area contributed by atoms with E-state index >= 15 is 0 Å². The molecule has 22 heavy (non-hydrogen) atoms. The largest absolute Gasteiger partial charge is 0.354 e. The van der Waals surface area contributed by atoms with Crippen LogP contribution in [0.2, 0.25) is 0 Å². The van der Waals surface area contributed by atoms with Crippen LogP contribution in [0.25, 0.3) is 0 Å². The van der Waals surface area contributed by atoms with Gasteiger partial charge in [0, 0.05) is 18.9 Å². The monoisotopic (exact) mass is 324 g/mol. The van der Waals surface area contributed by atoms with Crippen molar-refractivity contribution >= 4 is 29.2 Å². The molecule has 1 aromatic heterocycles. The zero-order valence-electron chi connectivity index (χ0n) is 13.4. The molecule has 2 rings (SSSR count). The average molecular weight is 324 g/mol. The van der Waals surface area contributed by atoms with Crippen molar-refractivity contribution in [3.8, 4) is 0 Å². The van der Waals surface area contributed by atoms with E-state index in [9.17, 15) is 14.4 Å². The highest BCUT2D eigenvalue weighted by molar-refractivity contribution is 8.04. The molecular weight excluding hydrogens is 304 g/mol. The van der Waals surface area contributed by atoms with Gasteiger partial charge in [-0.1, -0.05) is 32.9 Å². The fourth-order valence-corrected chi connectivity index (χ4v) is 2.62. The number of carbonyl (C=O) groups is 3. The summed E-state index contributed by atoms with van der Waals surface area (Å²) in [6.07, 6.45) is 1.25. The first-order chi connectivity index (χ1) is 10.5. The molecule has 6 nitrogen and oxygen atoms in total. The molecular formula is C15H20N2O4S. The zero-order chi connectivity index (χ0) is 16.9. The Morgan fingerprint density at radius 2 is 2.00 bits per heavy atom. The summed E-state index contributed by atoms with van der Waals surface area (Å²) >= 11 is 1.30. The molecule has 0 aliphatic heterocycles. The maximum absolute atomic E-state index is 12.4. The Labute approximate surface area is 133 Å². The van der Waals surface area contributed by atoms with Crippen molar-refractivity contribution in [2.75, 3.05) is 12.8 Å². The topological polar surface area (TPSA) is 89.3 Å². The molecule has 120 valence electrons. The lowest BCUT2D eigenvalue weighted by Crippen LogP contribution is -2.23. The average Bonchev–Trinajstić information content (AvgIpc) is 2.96. The molecule has 1 N–H and O–H groups in total. The van der Waals surface area contributed by atoms with E-state index in [1.807, 2.05) is 27.7 Å². The second-order valence-electron chi connectivity index (χ2n) is 4.72. The number of ketones is 2. The van der Waals surface area contributed by atoms with Crippen molar-refractivity contribution in [2.45, 2.75) is 27.7 Å². The molecule has 0 spiro atoms. The second kappa shape index (κ2) is 7.93. The predicted molar refractivity (Wildman–Crippen MR) is 85.3 cm³/mol. The smallest absolute Gasteiger partial charge is 0.274 e. The van der Waals surface area contributed by atoms with Crippen LogP contribution in [0.3, 0.4) is 0 Å². The molecule has 0 fully saturated rings. The van der Waals surface area contributed by atoms with Gasteiger partial charge in [-0.25, -0.2) is 0 Å². The minimum Gasteiger partial charge on any atom is -0.354 e. The van der Waals surface area contributed by atoms with Gasteiger partial charge in [-0.05, 0) is 5.92 Å². The van der Waals surface area contributed by atoms with Crippen LogP contribution in [-0.2, 0) is 0 Å². The minimum atomic E-state index is -0.550. The van der Waals surface area contributed by atoms with E-state index in [-0.39, 0.29) is 22.8 Å². The van der Waals surface area contributed by atoms with E-state index in [2.05, 4.69) is 10.5 Å². The lowest BCUT2D eigenvalue weighted by molar-refractivity contribution is 0.0944. The summed E-state index contributed by atoms with van der Waals surface area (Å²) in [6, 6.07) is 0. The second-order valence-corrected chi connectivity index (χ2v) is 5.78. The molecule has 1 aliphatic rings. The van der Waals surface area contributed by atoms with Crippen molar-refractivity contribution in [1.29, 1.82) is 0 Å². The Balaban J connectivity index is 0.00000116. The number of Topliss-reactive ketones (excluding diaryl/α,β-unsaturated/α-hetero) is 1. The number of aromatic nitrogens is 1. The molecule has 0 unspecified atom stereocenters. The number of allylic oxidation sites excluding steroid dienone is 2. The summed E-state index contributed by atoms with van der Waals surface area (Å²) in [7, 11) is 1.42.